The summed E-state index contributed by atoms with van der Waals surface area (Å²) in [7, 11) is 0. The molecule has 3 nitrogen and oxygen atoms in total. The summed E-state index contributed by atoms with van der Waals surface area (Å²) < 4.78 is 2.11. The van der Waals surface area contributed by atoms with E-state index < -0.39 is 0 Å². The molecule has 20 heavy (non-hydrogen) atoms. The molecular weight excluding hydrogens is 246 g/mol. The zero-order chi connectivity index (χ0) is 13.7. The van der Waals surface area contributed by atoms with Crippen LogP contribution in [0.3, 0.4) is 0 Å². The van der Waals surface area contributed by atoms with Crippen LogP contribution in [-0.2, 0) is 5.41 Å². The van der Waals surface area contributed by atoms with Crippen molar-refractivity contribution in [3.05, 3.63) is 47.8 Å². The molecule has 2 aromatic rings. The Hall–Kier alpha value is -1.61. The van der Waals surface area contributed by atoms with Gasteiger partial charge in [0.1, 0.15) is 0 Å². The second-order valence-corrected chi connectivity index (χ2v) is 6.44. The molecule has 1 heterocycles. The fraction of sp³-hybridized carbons (Fsp3) is 0.471. The molecule has 1 aromatic heterocycles. The third-order valence-corrected chi connectivity index (χ3v) is 4.99. The molecule has 104 valence electrons. The smallest absolute Gasteiger partial charge is 0.0651 e. The van der Waals surface area contributed by atoms with E-state index in [1.807, 2.05) is 6.20 Å². The standard InChI is InChI=1S/C17H21N3/c1-12(18)17(8-9-17)14-3-2-4-15(11-14)20-16(7-10-19-20)13-5-6-13/h2-4,7,10-13H,5-6,8-9,18H2,1H3. The minimum Gasteiger partial charge on any atom is -0.327 e. The first-order chi connectivity index (χ1) is 9.71. The average Bonchev–Trinajstić information content (AvgIpc) is 3.37. The van der Waals surface area contributed by atoms with Crippen LogP contribution >= 0.6 is 0 Å². The maximum atomic E-state index is 6.20. The maximum absolute atomic E-state index is 6.20. The van der Waals surface area contributed by atoms with E-state index in [0.29, 0.717) is 5.92 Å². The minimum absolute atomic E-state index is 0.211. The normalized spacial score (nSPS) is 21.7. The molecule has 0 saturated heterocycles. The fourth-order valence-electron chi connectivity index (χ4n) is 3.31. The molecule has 2 aliphatic rings. The number of benzene rings is 1. The van der Waals surface area contributed by atoms with Crippen LogP contribution in [-0.4, -0.2) is 15.8 Å². The first-order valence-electron chi connectivity index (χ1n) is 7.61. The van der Waals surface area contributed by atoms with Crippen molar-refractivity contribution in [3.63, 3.8) is 0 Å². The largest absolute Gasteiger partial charge is 0.327 e. The molecule has 0 aliphatic heterocycles. The van der Waals surface area contributed by atoms with Crippen LogP contribution < -0.4 is 5.73 Å². The summed E-state index contributed by atoms with van der Waals surface area (Å²) >= 11 is 0. The van der Waals surface area contributed by atoms with Gasteiger partial charge in [0.2, 0.25) is 0 Å². The Balaban J connectivity index is 1.74. The Morgan fingerprint density at radius 2 is 2.10 bits per heavy atom. The van der Waals surface area contributed by atoms with E-state index in [1.54, 1.807) is 0 Å². The zero-order valence-corrected chi connectivity index (χ0v) is 11.9. The van der Waals surface area contributed by atoms with Crippen molar-refractivity contribution in [2.45, 2.75) is 50.0 Å². The Kier molecular flexibility index (Phi) is 2.55. The SMILES string of the molecule is CC(N)C1(c2cccc(-n3nccc3C3CC3)c2)CC1. The summed E-state index contributed by atoms with van der Waals surface area (Å²) in [5.74, 6) is 0.712. The Morgan fingerprint density at radius 1 is 1.30 bits per heavy atom. The van der Waals surface area contributed by atoms with Crippen LogP contribution in [0, 0.1) is 0 Å². The number of hydrogen-bond acceptors (Lipinski definition) is 2. The van der Waals surface area contributed by atoms with Crippen molar-refractivity contribution in [2.24, 2.45) is 5.73 Å². The van der Waals surface area contributed by atoms with Crippen molar-refractivity contribution in [2.75, 3.05) is 0 Å². The number of nitrogens with zero attached hydrogens (tertiary/aromatic N) is 2. The third-order valence-electron chi connectivity index (χ3n) is 4.99. The first-order valence-corrected chi connectivity index (χ1v) is 7.61. The summed E-state index contributed by atoms with van der Waals surface area (Å²) in [6.07, 6.45) is 6.94. The lowest BCUT2D eigenvalue weighted by atomic mass is 9.89. The van der Waals surface area contributed by atoms with Gasteiger partial charge in [-0.2, -0.15) is 5.10 Å². The van der Waals surface area contributed by atoms with Crippen LogP contribution in [0.15, 0.2) is 36.5 Å². The quantitative estimate of drug-likeness (QED) is 0.925. The molecular formula is C17H21N3. The topological polar surface area (TPSA) is 43.8 Å². The predicted molar refractivity (Wildman–Crippen MR) is 80.1 cm³/mol. The van der Waals surface area contributed by atoms with Crippen LogP contribution in [0.5, 0.6) is 0 Å². The summed E-state index contributed by atoms with van der Waals surface area (Å²) in [6, 6.07) is 11.2. The molecule has 1 atom stereocenters. The average molecular weight is 267 g/mol. The Labute approximate surface area is 119 Å². The number of aromatic nitrogens is 2. The second kappa shape index (κ2) is 4.19. The van der Waals surface area contributed by atoms with E-state index in [1.165, 1.54) is 42.6 Å². The summed E-state index contributed by atoms with van der Waals surface area (Å²) in [4.78, 5) is 0. The van der Waals surface area contributed by atoms with Gasteiger partial charge in [0, 0.05) is 29.3 Å². The van der Waals surface area contributed by atoms with Gasteiger partial charge in [0.05, 0.1) is 5.69 Å². The Bertz CT molecular complexity index is 633. The van der Waals surface area contributed by atoms with Gasteiger partial charge >= 0.3 is 0 Å². The monoisotopic (exact) mass is 267 g/mol. The lowest BCUT2D eigenvalue weighted by Crippen LogP contribution is -2.31. The molecule has 3 heteroatoms. The highest BCUT2D eigenvalue weighted by atomic mass is 15.3. The van der Waals surface area contributed by atoms with Crippen LogP contribution in [0.1, 0.15) is 49.8 Å². The predicted octanol–water partition coefficient (Wildman–Crippen LogP) is 3.13. The third kappa shape index (κ3) is 1.80. The number of hydrogen-bond donors (Lipinski definition) is 1. The second-order valence-electron chi connectivity index (χ2n) is 6.44. The minimum atomic E-state index is 0.211. The van der Waals surface area contributed by atoms with Crippen molar-refractivity contribution in [3.8, 4) is 5.69 Å². The highest BCUT2D eigenvalue weighted by Gasteiger charge is 2.47. The van der Waals surface area contributed by atoms with E-state index in [2.05, 4.69) is 47.0 Å². The van der Waals surface area contributed by atoms with E-state index in [9.17, 15) is 0 Å². The van der Waals surface area contributed by atoms with Crippen molar-refractivity contribution in [1.29, 1.82) is 0 Å². The first kappa shape index (κ1) is 12.2. The molecule has 0 radical (unpaired) electrons. The molecule has 1 unspecified atom stereocenters. The van der Waals surface area contributed by atoms with Crippen molar-refractivity contribution < 1.29 is 0 Å². The molecule has 2 saturated carbocycles. The van der Waals surface area contributed by atoms with Gasteiger partial charge in [-0.05, 0) is 56.4 Å². The van der Waals surface area contributed by atoms with E-state index in [0.717, 1.165) is 0 Å². The highest BCUT2D eigenvalue weighted by Crippen LogP contribution is 2.50. The van der Waals surface area contributed by atoms with Gasteiger partial charge in [-0.1, -0.05) is 12.1 Å². The molecule has 4 rings (SSSR count). The zero-order valence-electron chi connectivity index (χ0n) is 11.9. The lowest BCUT2D eigenvalue weighted by Gasteiger charge is -2.21. The molecule has 0 spiro atoms. The van der Waals surface area contributed by atoms with Gasteiger partial charge in [0.25, 0.3) is 0 Å². The molecule has 0 bridgehead atoms. The van der Waals surface area contributed by atoms with Gasteiger partial charge < -0.3 is 5.73 Å². The van der Waals surface area contributed by atoms with E-state index >= 15 is 0 Å². The maximum Gasteiger partial charge on any atom is 0.0651 e. The molecule has 2 aliphatic carbocycles. The van der Waals surface area contributed by atoms with Crippen LogP contribution in [0.2, 0.25) is 0 Å². The van der Waals surface area contributed by atoms with Gasteiger partial charge in [-0.15, -0.1) is 0 Å². The molecule has 0 amide bonds. The van der Waals surface area contributed by atoms with E-state index in [4.69, 9.17) is 5.73 Å². The summed E-state index contributed by atoms with van der Waals surface area (Å²) in [5.41, 5.74) is 10.3. The summed E-state index contributed by atoms with van der Waals surface area (Å²) in [6.45, 7) is 2.13. The molecule has 1 aromatic carbocycles. The van der Waals surface area contributed by atoms with Gasteiger partial charge in [-0.3, -0.25) is 0 Å². The number of nitrogens with two attached hydrogens (primary N) is 1. The van der Waals surface area contributed by atoms with Gasteiger partial charge in [0.15, 0.2) is 0 Å². The molecule has 2 N–H and O–H groups in total. The van der Waals surface area contributed by atoms with Crippen LogP contribution in [0.4, 0.5) is 0 Å². The van der Waals surface area contributed by atoms with Crippen molar-refractivity contribution in [1.82, 2.24) is 9.78 Å². The Morgan fingerprint density at radius 3 is 2.75 bits per heavy atom. The van der Waals surface area contributed by atoms with E-state index in [-0.39, 0.29) is 11.5 Å². The van der Waals surface area contributed by atoms with Crippen molar-refractivity contribution >= 4 is 0 Å². The lowest BCUT2D eigenvalue weighted by molar-refractivity contribution is 0.556. The van der Waals surface area contributed by atoms with Crippen LogP contribution in [0.25, 0.3) is 5.69 Å². The van der Waals surface area contributed by atoms with Gasteiger partial charge in [-0.25, -0.2) is 4.68 Å². The fourth-order valence-corrected chi connectivity index (χ4v) is 3.31. The molecule has 2 fully saturated rings. The number of rotatable bonds is 4. The highest BCUT2D eigenvalue weighted by molar-refractivity contribution is 5.43. The summed E-state index contributed by atoms with van der Waals surface area (Å²) in [5, 5.41) is 4.52.